The Morgan fingerprint density at radius 1 is 1.35 bits per heavy atom. The predicted molar refractivity (Wildman–Crippen MR) is 85.0 cm³/mol. The van der Waals surface area contributed by atoms with Gasteiger partial charge in [-0.2, -0.15) is 0 Å². The summed E-state index contributed by atoms with van der Waals surface area (Å²) in [7, 11) is 0. The molecule has 2 heterocycles. The lowest BCUT2D eigenvalue weighted by molar-refractivity contribution is -0.139. The van der Waals surface area contributed by atoms with Crippen molar-refractivity contribution in [2.45, 2.75) is 71.5 Å². The first-order valence-corrected chi connectivity index (χ1v) is 8.18. The average Bonchev–Trinajstić information content (AvgIpc) is 2.53. The van der Waals surface area contributed by atoms with Gasteiger partial charge in [-0.05, 0) is 59.1 Å². The van der Waals surface area contributed by atoms with Crippen LogP contribution >= 0.6 is 11.3 Å². The molecule has 2 atom stereocenters. The van der Waals surface area contributed by atoms with E-state index < -0.39 is 0 Å². The van der Waals surface area contributed by atoms with Gasteiger partial charge in [0.1, 0.15) is 0 Å². The van der Waals surface area contributed by atoms with E-state index >= 15 is 0 Å². The molecule has 1 fully saturated rings. The molecule has 1 saturated heterocycles. The number of nitrogens with zero attached hydrogens (tertiary/aromatic N) is 1. The summed E-state index contributed by atoms with van der Waals surface area (Å²) in [6.07, 6.45) is 2.42. The molecule has 1 aliphatic heterocycles. The molecule has 20 heavy (non-hydrogen) atoms. The van der Waals surface area contributed by atoms with Crippen molar-refractivity contribution in [1.29, 1.82) is 0 Å². The van der Waals surface area contributed by atoms with E-state index in [1.807, 2.05) is 4.90 Å². The lowest BCUT2D eigenvalue weighted by Crippen LogP contribution is -2.51. The van der Waals surface area contributed by atoms with Crippen LogP contribution in [0.25, 0.3) is 0 Å². The number of thiophene rings is 1. The van der Waals surface area contributed by atoms with Crippen LogP contribution in [-0.4, -0.2) is 22.4 Å². The minimum atomic E-state index is -0.202. The zero-order chi connectivity index (χ0) is 15.1. The van der Waals surface area contributed by atoms with E-state index in [2.05, 4.69) is 40.7 Å². The standard InChI is InChI=1S/C16H26N2OS/c1-10-9-12(11(2)20-10)15-13(17)7-6-8-14(19)18(15)16(3,4)5/h9,13,15H,6-8,17H2,1-5H3. The number of hydrogen-bond acceptors (Lipinski definition) is 3. The summed E-state index contributed by atoms with van der Waals surface area (Å²) < 4.78 is 0. The number of hydrogen-bond donors (Lipinski definition) is 1. The lowest BCUT2D eigenvalue weighted by Gasteiger charge is -2.43. The number of carbonyl (C=O) groups is 1. The van der Waals surface area contributed by atoms with Gasteiger partial charge in [0, 0.05) is 27.8 Å². The van der Waals surface area contributed by atoms with Gasteiger partial charge in [0.05, 0.1) is 6.04 Å². The second-order valence-corrected chi connectivity index (χ2v) is 8.26. The lowest BCUT2D eigenvalue weighted by atomic mass is 9.92. The minimum absolute atomic E-state index is 0.00921. The smallest absolute Gasteiger partial charge is 0.223 e. The largest absolute Gasteiger partial charge is 0.329 e. The minimum Gasteiger partial charge on any atom is -0.329 e. The van der Waals surface area contributed by atoms with Gasteiger partial charge < -0.3 is 10.6 Å². The molecule has 112 valence electrons. The van der Waals surface area contributed by atoms with Gasteiger partial charge in [0.25, 0.3) is 0 Å². The molecular weight excluding hydrogens is 268 g/mol. The normalized spacial score (nSPS) is 24.9. The van der Waals surface area contributed by atoms with Gasteiger partial charge in [-0.3, -0.25) is 4.79 Å². The van der Waals surface area contributed by atoms with Crippen LogP contribution in [-0.2, 0) is 4.79 Å². The second-order valence-electron chi connectivity index (χ2n) is 6.80. The van der Waals surface area contributed by atoms with E-state index in [-0.39, 0.29) is 23.5 Å². The van der Waals surface area contributed by atoms with Crippen molar-refractivity contribution in [3.8, 4) is 0 Å². The molecule has 2 N–H and O–H groups in total. The molecule has 0 saturated carbocycles. The number of rotatable bonds is 1. The van der Waals surface area contributed by atoms with Crippen LogP contribution in [0, 0.1) is 13.8 Å². The molecule has 3 nitrogen and oxygen atoms in total. The van der Waals surface area contributed by atoms with Crippen molar-refractivity contribution in [3.05, 3.63) is 21.4 Å². The molecule has 1 aromatic rings. The van der Waals surface area contributed by atoms with E-state index in [0.717, 1.165) is 12.8 Å². The van der Waals surface area contributed by atoms with E-state index in [1.54, 1.807) is 11.3 Å². The third kappa shape index (κ3) is 2.91. The van der Waals surface area contributed by atoms with Crippen LogP contribution in [0.15, 0.2) is 6.07 Å². The third-order valence-corrected chi connectivity index (χ3v) is 4.98. The molecule has 4 heteroatoms. The average molecular weight is 294 g/mol. The molecule has 2 unspecified atom stereocenters. The van der Waals surface area contributed by atoms with Crippen LogP contribution in [0.2, 0.25) is 0 Å². The van der Waals surface area contributed by atoms with Crippen molar-refractivity contribution < 1.29 is 4.79 Å². The summed E-state index contributed by atoms with van der Waals surface area (Å²) in [5.74, 6) is 0.235. The Morgan fingerprint density at radius 2 is 2.00 bits per heavy atom. The first-order chi connectivity index (χ1) is 9.21. The second kappa shape index (κ2) is 5.49. The highest BCUT2D eigenvalue weighted by Crippen LogP contribution is 2.39. The maximum absolute atomic E-state index is 12.6. The third-order valence-electron chi connectivity index (χ3n) is 4.00. The van der Waals surface area contributed by atoms with Crippen molar-refractivity contribution in [2.75, 3.05) is 0 Å². The molecular formula is C16H26N2OS. The first kappa shape index (κ1) is 15.5. The van der Waals surface area contributed by atoms with Gasteiger partial charge in [-0.1, -0.05) is 0 Å². The fourth-order valence-electron chi connectivity index (χ4n) is 3.22. The number of aryl methyl sites for hydroxylation is 2. The van der Waals surface area contributed by atoms with E-state index in [9.17, 15) is 4.79 Å². The summed E-state index contributed by atoms with van der Waals surface area (Å²) in [6, 6.07) is 2.24. The van der Waals surface area contributed by atoms with Gasteiger partial charge in [-0.15, -0.1) is 11.3 Å². The number of likely N-dealkylation sites (tertiary alicyclic amines) is 1. The Balaban J connectivity index is 2.52. The molecule has 1 aliphatic rings. The number of carbonyl (C=O) groups excluding carboxylic acids is 1. The number of nitrogens with two attached hydrogens (primary N) is 1. The number of amides is 1. The monoisotopic (exact) mass is 294 g/mol. The van der Waals surface area contributed by atoms with Crippen LogP contribution in [0.3, 0.4) is 0 Å². The summed E-state index contributed by atoms with van der Waals surface area (Å²) >= 11 is 1.79. The maximum Gasteiger partial charge on any atom is 0.223 e. The quantitative estimate of drug-likeness (QED) is 0.861. The first-order valence-electron chi connectivity index (χ1n) is 7.36. The Kier molecular flexibility index (Phi) is 4.26. The van der Waals surface area contributed by atoms with E-state index in [4.69, 9.17) is 5.73 Å². The van der Waals surface area contributed by atoms with Crippen LogP contribution in [0.1, 0.15) is 61.4 Å². The predicted octanol–water partition coefficient (Wildman–Crippen LogP) is 3.54. The molecule has 2 rings (SSSR count). The summed E-state index contributed by atoms with van der Waals surface area (Å²) in [5, 5.41) is 0. The Hall–Kier alpha value is -0.870. The van der Waals surface area contributed by atoms with Gasteiger partial charge in [0.2, 0.25) is 5.91 Å². The summed E-state index contributed by atoms with van der Waals surface area (Å²) in [5.41, 5.74) is 7.49. The molecule has 1 aromatic heterocycles. The highest BCUT2D eigenvalue weighted by Gasteiger charge is 2.39. The molecule has 1 amide bonds. The Morgan fingerprint density at radius 3 is 2.50 bits per heavy atom. The van der Waals surface area contributed by atoms with Gasteiger partial charge in [-0.25, -0.2) is 0 Å². The zero-order valence-corrected chi connectivity index (χ0v) is 14.0. The SMILES string of the molecule is Cc1cc(C2C(N)CCCC(=O)N2C(C)(C)C)c(C)s1. The van der Waals surface area contributed by atoms with Crippen molar-refractivity contribution in [1.82, 2.24) is 4.90 Å². The molecule has 0 aromatic carbocycles. The van der Waals surface area contributed by atoms with Crippen LogP contribution in [0.5, 0.6) is 0 Å². The molecule has 0 radical (unpaired) electrons. The summed E-state index contributed by atoms with van der Waals surface area (Å²) in [6.45, 7) is 10.6. The maximum atomic E-state index is 12.6. The Labute approximate surface area is 126 Å². The van der Waals surface area contributed by atoms with Crippen molar-refractivity contribution in [3.63, 3.8) is 0 Å². The fourth-order valence-corrected chi connectivity index (χ4v) is 4.19. The van der Waals surface area contributed by atoms with E-state index in [1.165, 1.54) is 15.3 Å². The van der Waals surface area contributed by atoms with Gasteiger partial charge >= 0.3 is 0 Å². The van der Waals surface area contributed by atoms with Crippen molar-refractivity contribution >= 4 is 17.2 Å². The Bertz CT molecular complexity index is 501. The zero-order valence-electron chi connectivity index (χ0n) is 13.2. The van der Waals surface area contributed by atoms with Crippen LogP contribution in [0.4, 0.5) is 0 Å². The highest BCUT2D eigenvalue weighted by molar-refractivity contribution is 7.12. The van der Waals surface area contributed by atoms with Gasteiger partial charge in [0.15, 0.2) is 0 Å². The van der Waals surface area contributed by atoms with Crippen LogP contribution < -0.4 is 5.73 Å². The van der Waals surface area contributed by atoms with E-state index in [0.29, 0.717) is 6.42 Å². The van der Waals surface area contributed by atoms with Crippen molar-refractivity contribution in [2.24, 2.45) is 5.73 Å². The topological polar surface area (TPSA) is 46.3 Å². The summed E-state index contributed by atoms with van der Waals surface area (Å²) in [4.78, 5) is 17.2. The molecule has 0 aliphatic carbocycles. The fraction of sp³-hybridized carbons (Fsp3) is 0.688. The molecule has 0 bridgehead atoms. The highest BCUT2D eigenvalue weighted by atomic mass is 32.1. The molecule has 0 spiro atoms.